The van der Waals surface area contributed by atoms with Crippen molar-refractivity contribution in [3.8, 4) is 5.75 Å². The van der Waals surface area contributed by atoms with Crippen LogP contribution in [0.3, 0.4) is 0 Å². The number of aromatic hydroxyl groups is 1. The summed E-state index contributed by atoms with van der Waals surface area (Å²) in [6.45, 7) is 2.53. The molecule has 0 unspecified atom stereocenters. The molecule has 104 valence electrons. The van der Waals surface area contributed by atoms with E-state index in [0.29, 0.717) is 5.56 Å². The summed E-state index contributed by atoms with van der Waals surface area (Å²) in [5.41, 5.74) is 3.11. The van der Waals surface area contributed by atoms with E-state index < -0.39 is 5.97 Å². The first-order chi connectivity index (χ1) is 9.56. The Labute approximate surface area is 117 Å². The number of aromatic carboxylic acids is 1. The molecule has 4 nitrogen and oxygen atoms in total. The van der Waals surface area contributed by atoms with Gasteiger partial charge in [0.1, 0.15) is 5.75 Å². The fraction of sp³-hybridized carbons (Fsp3) is 0.188. The minimum Gasteiger partial charge on any atom is -0.508 e. The third kappa shape index (κ3) is 3.51. The van der Waals surface area contributed by atoms with Gasteiger partial charge in [0.05, 0.1) is 5.56 Å². The molecule has 0 fully saturated rings. The van der Waals surface area contributed by atoms with Crippen molar-refractivity contribution in [3.63, 3.8) is 0 Å². The third-order valence-corrected chi connectivity index (χ3v) is 3.14. The van der Waals surface area contributed by atoms with Gasteiger partial charge in [0.25, 0.3) is 0 Å². The van der Waals surface area contributed by atoms with E-state index in [1.807, 2.05) is 18.2 Å². The van der Waals surface area contributed by atoms with Gasteiger partial charge in [-0.25, -0.2) is 4.79 Å². The van der Waals surface area contributed by atoms with Gasteiger partial charge in [0.2, 0.25) is 0 Å². The molecular weight excluding hydrogens is 254 g/mol. The number of hydrogen-bond donors (Lipinski definition) is 3. The van der Waals surface area contributed by atoms with Gasteiger partial charge >= 0.3 is 5.97 Å². The van der Waals surface area contributed by atoms with Gasteiger partial charge < -0.3 is 15.5 Å². The quantitative estimate of drug-likeness (QED) is 0.781. The Morgan fingerprint density at radius 2 is 1.85 bits per heavy atom. The highest BCUT2D eigenvalue weighted by molar-refractivity contribution is 5.89. The van der Waals surface area contributed by atoms with Gasteiger partial charge in [-0.1, -0.05) is 12.1 Å². The number of nitrogens with one attached hydrogen (secondary N) is 1. The molecule has 20 heavy (non-hydrogen) atoms. The number of phenolic OH excluding ortho intramolecular Hbond substituents is 1. The zero-order chi connectivity index (χ0) is 14.5. The van der Waals surface area contributed by atoms with Gasteiger partial charge in [-0.3, -0.25) is 0 Å². The number of carboxylic acid groups (broad SMARTS) is 1. The summed E-state index contributed by atoms with van der Waals surface area (Å²) < 4.78 is 0. The molecule has 0 aromatic heterocycles. The first kappa shape index (κ1) is 13.9. The Balaban J connectivity index is 1.92. The number of rotatable bonds is 5. The van der Waals surface area contributed by atoms with Crippen molar-refractivity contribution in [1.82, 2.24) is 0 Å². The summed E-state index contributed by atoms with van der Waals surface area (Å²) in [6.07, 6.45) is 0.833. The van der Waals surface area contributed by atoms with Crippen LogP contribution in [-0.4, -0.2) is 22.7 Å². The number of carbonyl (C=O) groups is 1. The number of benzene rings is 2. The number of aryl methyl sites for hydroxylation is 1. The second kappa shape index (κ2) is 6.10. The molecule has 0 spiro atoms. The lowest BCUT2D eigenvalue weighted by Crippen LogP contribution is -2.06. The van der Waals surface area contributed by atoms with Gasteiger partial charge in [0.15, 0.2) is 0 Å². The molecule has 0 saturated heterocycles. The molecule has 0 aliphatic heterocycles. The number of anilines is 1. The van der Waals surface area contributed by atoms with Gasteiger partial charge in [-0.05, 0) is 54.8 Å². The molecule has 2 aromatic rings. The van der Waals surface area contributed by atoms with Crippen molar-refractivity contribution in [2.45, 2.75) is 13.3 Å². The molecule has 0 saturated carbocycles. The lowest BCUT2D eigenvalue weighted by atomic mass is 10.1. The Morgan fingerprint density at radius 1 is 1.15 bits per heavy atom. The van der Waals surface area contributed by atoms with E-state index in [9.17, 15) is 9.90 Å². The summed E-state index contributed by atoms with van der Waals surface area (Å²) in [6, 6.07) is 12.3. The Hall–Kier alpha value is -2.49. The number of phenols is 1. The van der Waals surface area contributed by atoms with E-state index in [4.69, 9.17) is 5.11 Å². The SMILES string of the molecule is Cc1cc(NCCc2ccc(O)cc2)ccc1C(=O)O. The Bertz CT molecular complexity index is 606. The summed E-state index contributed by atoms with van der Waals surface area (Å²) in [7, 11) is 0. The topological polar surface area (TPSA) is 69.6 Å². The zero-order valence-corrected chi connectivity index (χ0v) is 11.3. The van der Waals surface area contributed by atoms with Crippen LogP contribution in [0.2, 0.25) is 0 Å². The fourth-order valence-corrected chi connectivity index (χ4v) is 2.03. The molecule has 0 heterocycles. The molecule has 0 bridgehead atoms. The second-order valence-corrected chi connectivity index (χ2v) is 4.68. The van der Waals surface area contributed by atoms with E-state index in [1.54, 1.807) is 31.2 Å². The number of hydrogen-bond acceptors (Lipinski definition) is 3. The second-order valence-electron chi connectivity index (χ2n) is 4.68. The van der Waals surface area contributed by atoms with Crippen LogP contribution in [0, 0.1) is 6.92 Å². The van der Waals surface area contributed by atoms with E-state index >= 15 is 0 Å². The summed E-state index contributed by atoms with van der Waals surface area (Å²) in [5.74, 6) is -0.639. The van der Waals surface area contributed by atoms with Crippen molar-refractivity contribution in [1.29, 1.82) is 0 Å². The molecule has 0 aliphatic carbocycles. The van der Waals surface area contributed by atoms with Crippen molar-refractivity contribution < 1.29 is 15.0 Å². The lowest BCUT2D eigenvalue weighted by Gasteiger charge is -2.09. The maximum Gasteiger partial charge on any atom is 0.335 e. The van der Waals surface area contributed by atoms with E-state index in [1.165, 1.54) is 0 Å². The molecule has 2 rings (SSSR count). The molecule has 0 atom stereocenters. The first-order valence-electron chi connectivity index (χ1n) is 6.42. The summed E-state index contributed by atoms with van der Waals surface area (Å²) in [4.78, 5) is 10.9. The maximum atomic E-state index is 10.9. The molecule has 0 amide bonds. The average molecular weight is 271 g/mol. The predicted molar refractivity (Wildman–Crippen MR) is 78.4 cm³/mol. The van der Waals surface area contributed by atoms with Crippen molar-refractivity contribution >= 4 is 11.7 Å². The summed E-state index contributed by atoms with van der Waals surface area (Å²) in [5, 5.41) is 21.4. The van der Waals surface area contributed by atoms with Crippen molar-refractivity contribution in [2.75, 3.05) is 11.9 Å². The van der Waals surface area contributed by atoms with Crippen molar-refractivity contribution in [3.05, 3.63) is 59.2 Å². The van der Waals surface area contributed by atoms with E-state index in [-0.39, 0.29) is 5.75 Å². The van der Waals surface area contributed by atoms with Crippen LogP contribution >= 0.6 is 0 Å². The van der Waals surface area contributed by atoms with Crippen LogP contribution < -0.4 is 5.32 Å². The molecule has 0 radical (unpaired) electrons. The minimum atomic E-state index is -0.904. The smallest absolute Gasteiger partial charge is 0.335 e. The summed E-state index contributed by atoms with van der Waals surface area (Å²) >= 11 is 0. The molecule has 2 aromatic carbocycles. The van der Waals surface area contributed by atoms with Crippen LogP contribution in [0.5, 0.6) is 5.75 Å². The normalized spacial score (nSPS) is 10.2. The van der Waals surface area contributed by atoms with E-state index in [2.05, 4.69) is 5.32 Å². The van der Waals surface area contributed by atoms with Crippen LogP contribution in [0.4, 0.5) is 5.69 Å². The average Bonchev–Trinajstić information content (AvgIpc) is 2.41. The largest absolute Gasteiger partial charge is 0.508 e. The van der Waals surface area contributed by atoms with Gasteiger partial charge in [0, 0.05) is 12.2 Å². The lowest BCUT2D eigenvalue weighted by molar-refractivity contribution is 0.0696. The van der Waals surface area contributed by atoms with Crippen LogP contribution in [0.1, 0.15) is 21.5 Å². The minimum absolute atomic E-state index is 0.265. The predicted octanol–water partition coefficient (Wildman–Crippen LogP) is 3.05. The van der Waals surface area contributed by atoms with Crippen LogP contribution in [-0.2, 0) is 6.42 Å². The van der Waals surface area contributed by atoms with Crippen LogP contribution in [0.15, 0.2) is 42.5 Å². The molecule has 0 aliphatic rings. The van der Waals surface area contributed by atoms with E-state index in [0.717, 1.165) is 29.8 Å². The first-order valence-corrected chi connectivity index (χ1v) is 6.42. The third-order valence-electron chi connectivity index (χ3n) is 3.14. The highest BCUT2D eigenvalue weighted by atomic mass is 16.4. The number of carboxylic acids is 1. The molecule has 3 N–H and O–H groups in total. The van der Waals surface area contributed by atoms with Crippen molar-refractivity contribution in [2.24, 2.45) is 0 Å². The highest BCUT2D eigenvalue weighted by Crippen LogP contribution is 2.15. The highest BCUT2D eigenvalue weighted by Gasteiger charge is 2.06. The van der Waals surface area contributed by atoms with Gasteiger partial charge in [-0.15, -0.1) is 0 Å². The van der Waals surface area contributed by atoms with Gasteiger partial charge in [-0.2, -0.15) is 0 Å². The Kier molecular flexibility index (Phi) is 4.25. The maximum absolute atomic E-state index is 10.9. The molecular formula is C16H17NO3. The molecule has 4 heteroatoms. The standard InChI is InChI=1S/C16H17NO3/c1-11-10-13(4-7-15(11)16(19)20)17-9-8-12-2-5-14(18)6-3-12/h2-7,10,17-18H,8-9H2,1H3,(H,19,20). The van der Waals surface area contributed by atoms with Crippen LogP contribution in [0.25, 0.3) is 0 Å². The zero-order valence-electron chi connectivity index (χ0n) is 11.3. The fourth-order valence-electron chi connectivity index (χ4n) is 2.03. The monoisotopic (exact) mass is 271 g/mol. The Morgan fingerprint density at radius 3 is 2.45 bits per heavy atom.